The van der Waals surface area contributed by atoms with Crippen molar-refractivity contribution in [1.29, 1.82) is 0 Å². The Morgan fingerprint density at radius 2 is 1.95 bits per heavy atom. The Kier molecular flexibility index (Phi) is 3.56. The van der Waals surface area contributed by atoms with Gasteiger partial charge >= 0.3 is 0 Å². The maximum atomic E-state index is 9.45. The molecule has 19 heavy (non-hydrogen) atoms. The van der Waals surface area contributed by atoms with Crippen LogP contribution in [0.2, 0.25) is 5.02 Å². The molecule has 2 N–H and O–H groups in total. The third kappa shape index (κ3) is 2.52. The molecule has 2 nitrogen and oxygen atoms in total. The van der Waals surface area contributed by atoms with Gasteiger partial charge < -0.3 is 10.4 Å². The maximum absolute atomic E-state index is 9.45. The number of aliphatic hydroxyl groups is 1. The fourth-order valence-corrected chi connectivity index (χ4v) is 2.89. The molecule has 0 fully saturated rings. The Bertz CT molecular complexity index is 570. The topological polar surface area (TPSA) is 32.3 Å². The highest BCUT2D eigenvalue weighted by Gasteiger charge is 2.26. The normalized spacial score (nSPS) is 22.0. The average Bonchev–Trinajstić information content (AvgIpc) is 2.47. The number of benzene rings is 2. The maximum Gasteiger partial charge on any atom is 0.0588 e. The monoisotopic (exact) mass is 273 g/mol. The van der Waals surface area contributed by atoms with Gasteiger partial charge in [0.1, 0.15) is 0 Å². The smallest absolute Gasteiger partial charge is 0.0588 e. The Labute approximate surface area is 118 Å². The number of hydrogen-bond donors (Lipinski definition) is 2. The van der Waals surface area contributed by atoms with Crippen molar-refractivity contribution in [3.63, 3.8) is 0 Å². The van der Waals surface area contributed by atoms with E-state index < -0.39 is 0 Å². The third-order valence-corrected chi connectivity index (χ3v) is 3.88. The van der Waals surface area contributed by atoms with E-state index in [1.54, 1.807) is 0 Å². The summed E-state index contributed by atoms with van der Waals surface area (Å²) >= 11 is 6.12. The second kappa shape index (κ2) is 5.33. The minimum absolute atomic E-state index is 0.0962. The van der Waals surface area contributed by atoms with E-state index in [2.05, 4.69) is 23.5 Å². The van der Waals surface area contributed by atoms with Crippen molar-refractivity contribution >= 4 is 11.6 Å². The summed E-state index contributed by atoms with van der Waals surface area (Å²) in [4.78, 5) is 0. The lowest BCUT2D eigenvalue weighted by molar-refractivity contribution is 0.229. The molecule has 2 aromatic rings. The van der Waals surface area contributed by atoms with Gasteiger partial charge in [0, 0.05) is 11.1 Å². The van der Waals surface area contributed by atoms with Crippen molar-refractivity contribution in [2.75, 3.05) is 6.61 Å². The van der Waals surface area contributed by atoms with Gasteiger partial charge in [0.2, 0.25) is 0 Å². The first kappa shape index (κ1) is 12.7. The molecule has 1 aliphatic heterocycles. The van der Waals surface area contributed by atoms with Crippen LogP contribution < -0.4 is 5.32 Å². The highest BCUT2D eigenvalue weighted by Crippen LogP contribution is 2.32. The van der Waals surface area contributed by atoms with Gasteiger partial charge in [0.15, 0.2) is 0 Å². The average molecular weight is 274 g/mol. The van der Waals surface area contributed by atoms with Crippen molar-refractivity contribution in [3.8, 4) is 0 Å². The van der Waals surface area contributed by atoms with Gasteiger partial charge in [0.05, 0.1) is 12.6 Å². The molecule has 1 heterocycles. The summed E-state index contributed by atoms with van der Waals surface area (Å²) in [5.74, 6) is 0. The molecule has 98 valence electrons. The molecule has 0 saturated heterocycles. The van der Waals surface area contributed by atoms with E-state index in [1.165, 1.54) is 16.7 Å². The molecular formula is C16H16ClNO. The van der Waals surface area contributed by atoms with Crippen LogP contribution in [0, 0.1) is 0 Å². The summed E-state index contributed by atoms with van der Waals surface area (Å²) in [6, 6.07) is 16.5. The lowest BCUT2D eigenvalue weighted by Crippen LogP contribution is -2.42. The van der Waals surface area contributed by atoms with E-state index in [-0.39, 0.29) is 18.7 Å². The Morgan fingerprint density at radius 3 is 2.68 bits per heavy atom. The fraction of sp³-hybridized carbons (Fsp3) is 0.250. The number of rotatable bonds is 2. The summed E-state index contributed by atoms with van der Waals surface area (Å²) < 4.78 is 0. The summed E-state index contributed by atoms with van der Waals surface area (Å²) in [6.45, 7) is 0.144. The zero-order chi connectivity index (χ0) is 13.2. The number of aliphatic hydroxyl groups excluding tert-OH is 1. The predicted octanol–water partition coefficient (Wildman–Crippen LogP) is 2.94. The SMILES string of the molecule is OC[C@@H]1Cc2ccc(Cl)cc2[C@H](c2ccccc2)N1. The highest BCUT2D eigenvalue weighted by atomic mass is 35.5. The molecule has 3 heteroatoms. The molecule has 0 aliphatic carbocycles. The Morgan fingerprint density at radius 1 is 1.16 bits per heavy atom. The molecular weight excluding hydrogens is 258 g/mol. The lowest BCUT2D eigenvalue weighted by Gasteiger charge is -2.33. The van der Waals surface area contributed by atoms with Crippen molar-refractivity contribution < 1.29 is 5.11 Å². The first-order chi connectivity index (χ1) is 9.28. The van der Waals surface area contributed by atoms with Crippen LogP contribution in [-0.2, 0) is 6.42 Å². The molecule has 0 unspecified atom stereocenters. The van der Waals surface area contributed by atoms with Crippen molar-refractivity contribution in [2.45, 2.75) is 18.5 Å². The summed E-state index contributed by atoms with van der Waals surface area (Å²) in [7, 11) is 0. The van der Waals surface area contributed by atoms with Crippen LogP contribution in [0.1, 0.15) is 22.7 Å². The zero-order valence-electron chi connectivity index (χ0n) is 10.5. The highest BCUT2D eigenvalue weighted by molar-refractivity contribution is 6.30. The molecule has 2 atom stereocenters. The first-order valence-corrected chi connectivity index (χ1v) is 6.86. The van der Waals surface area contributed by atoms with E-state index in [0.717, 1.165) is 11.4 Å². The van der Waals surface area contributed by atoms with E-state index in [4.69, 9.17) is 11.6 Å². The minimum Gasteiger partial charge on any atom is -0.395 e. The van der Waals surface area contributed by atoms with Crippen LogP contribution in [0.5, 0.6) is 0 Å². The van der Waals surface area contributed by atoms with Gasteiger partial charge in [-0.25, -0.2) is 0 Å². The van der Waals surface area contributed by atoms with Crippen LogP contribution in [-0.4, -0.2) is 17.8 Å². The number of nitrogens with one attached hydrogen (secondary N) is 1. The molecule has 2 aromatic carbocycles. The number of fused-ring (bicyclic) bond motifs is 1. The largest absolute Gasteiger partial charge is 0.395 e. The lowest BCUT2D eigenvalue weighted by atomic mass is 9.87. The molecule has 0 radical (unpaired) electrons. The van der Waals surface area contributed by atoms with Gasteiger partial charge in [-0.2, -0.15) is 0 Å². The van der Waals surface area contributed by atoms with Crippen LogP contribution in [0.15, 0.2) is 48.5 Å². The van der Waals surface area contributed by atoms with Gasteiger partial charge in [-0.15, -0.1) is 0 Å². The van der Waals surface area contributed by atoms with E-state index in [9.17, 15) is 5.11 Å². The minimum atomic E-state index is 0.0962. The van der Waals surface area contributed by atoms with Gasteiger partial charge in [-0.3, -0.25) is 0 Å². The third-order valence-electron chi connectivity index (χ3n) is 3.64. The second-order valence-corrected chi connectivity index (χ2v) is 5.37. The second-order valence-electron chi connectivity index (χ2n) is 4.94. The van der Waals surface area contributed by atoms with Gasteiger partial charge in [-0.05, 0) is 35.2 Å². The zero-order valence-corrected chi connectivity index (χ0v) is 11.3. The van der Waals surface area contributed by atoms with Crippen LogP contribution in [0.4, 0.5) is 0 Å². The quantitative estimate of drug-likeness (QED) is 0.882. The van der Waals surface area contributed by atoms with Crippen molar-refractivity contribution in [3.05, 3.63) is 70.2 Å². The van der Waals surface area contributed by atoms with Gasteiger partial charge in [0.25, 0.3) is 0 Å². The van der Waals surface area contributed by atoms with Crippen LogP contribution in [0.25, 0.3) is 0 Å². The molecule has 0 saturated carbocycles. The van der Waals surface area contributed by atoms with E-state index >= 15 is 0 Å². The molecule has 1 aliphatic rings. The molecule has 3 rings (SSSR count). The molecule has 0 spiro atoms. The summed E-state index contributed by atoms with van der Waals surface area (Å²) in [5, 5.41) is 13.7. The van der Waals surface area contributed by atoms with Crippen LogP contribution >= 0.6 is 11.6 Å². The number of halogens is 1. The number of hydrogen-bond acceptors (Lipinski definition) is 2. The summed E-state index contributed by atoms with van der Waals surface area (Å²) in [6.07, 6.45) is 0.840. The van der Waals surface area contributed by atoms with E-state index in [1.807, 2.05) is 30.3 Å². The van der Waals surface area contributed by atoms with Crippen molar-refractivity contribution in [2.24, 2.45) is 0 Å². The standard InChI is InChI=1S/C16H16ClNO/c17-13-7-6-12-8-14(10-19)18-16(15(12)9-13)11-4-2-1-3-5-11/h1-7,9,14,16,18-19H,8,10H2/t14-,16-/m0/s1. The van der Waals surface area contributed by atoms with Crippen molar-refractivity contribution in [1.82, 2.24) is 5.32 Å². The summed E-state index contributed by atoms with van der Waals surface area (Å²) in [5.41, 5.74) is 3.67. The van der Waals surface area contributed by atoms with E-state index in [0.29, 0.717) is 0 Å². The molecule has 0 bridgehead atoms. The predicted molar refractivity (Wildman–Crippen MR) is 77.5 cm³/mol. The van der Waals surface area contributed by atoms with Crippen LogP contribution in [0.3, 0.4) is 0 Å². The first-order valence-electron chi connectivity index (χ1n) is 6.48. The molecule has 0 amide bonds. The molecule has 0 aromatic heterocycles. The van der Waals surface area contributed by atoms with Gasteiger partial charge in [-0.1, -0.05) is 48.0 Å². The Hall–Kier alpha value is -1.35. The fourth-order valence-electron chi connectivity index (χ4n) is 2.71. The Balaban J connectivity index is 2.07.